The maximum absolute atomic E-state index is 12.7. The van der Waals surface area contributed by atoms with Gasteiger partial charge in [0.2, 0.25) is 5.91 Å². The van der Waals surface area contributed by atoms with Gasteiger partial charge >= 0.3 is 0 Å². The molecule has 5 rings (SSSR count). The van der Waals surface area contributed by atoms with Gasteiger partial charge in [-0.2, -0.15) is 5.10 Å². The summed E-state index contributed by atoms with van der Waals surface area (Å²) in [6.45, 7) is 3.05. The third-order valence-corrected chi connectivity index (χ3v) is 6.72. The van der Waals surface area contributed by atoms with Gasteiger partial charge < -0.3 is 15.2 Å². The van der Waals surface area contributed by atoms with E-state index >= 15 is 0 Å². The Bertz CT molecular complexity index is 1290. The molecule has 0 bridgehead atoms. The summed E-state index contributed by atoms with van der Waals surface area (Å²) in [5.74, 6) is 1.45. The summed E-state index contributed by atoms with van der Waals surface area (Å²) in [5, 5.41) is 18.1. The second-order valence-corrected chi connectivity index (χ2v) is 9.29. The zero-order chi connectivity index (χ0) is 24.7. The van der Waals surface area contributed by atoms with Crippen LogP contribution in [0, 0.1) is 0 Å². The van der Waals surface area contributed by atoms with Gasteiger partial charge in [0.25, 0.3) is 0 Å². The molecule has 2 heterocycles. The highest BCUT2D eigenvalue weighted by atomic mass is 16.5. The Kier molecular flexibility index (Phi) is 7.59. The summed E-state index contributed by atoms with van der Waals surface area (Å²) in [6, 6.07) is 23.4. The van der Waals surface area contributed by atoms with Gasteiger partial charge in [-0.05, 0) is 73.8 Å². The average molecular weight is 485 g/mol. The van der Waals surface area contributed by atoms with Crippen molar-refractivity contribution in [2.24, 2.45) is 0 Å². The Morgan fingerprint density at radius 1 is 1.03 bits per heavy atom. The molecule has 1 saturated heterocycles. The van der Waals surface area contributed by atoms with Gasteiger partial charge in [-0.3, -0.25) is 14.4 Å². The van der Waals surface area contributed by atoms with Crippen LogP contribution in [0.2, 0.25) is 0 Å². The van der Waals surface area contributed by atoms with Crippen LogP contribution in [0.4, 0.5) is 5.69 Å². The van der Waals surface area contributed by atoms with Crippen molar-refractivity contribution in [2.75, 3.05) is 25.0 Å². The van der Waals surface area contributed by atoms with Crippen molar-refractivity contribution in [3.8, 4) is 11.5 Å². The minimum absolute atomic E-state index is 0.0683. The molecule has 186 valence electrons. The van der Waals surface area contributed by atoms with Crippen LogP contribution >= 0.6 is 0 Å². The van der Waals surface area contributed by atoms with E-state index in [4.69, 9.17) is 4.74 Å². The van der Waals surface area contributed by atoms with Crippen LogP contribution < -0.4 is 10.1 Å². The van der Waals surface area contributed by atoms with Crippen molar-refractivity contribution < 1.29 is 14.6 Å². The number of hydrogen-bond donors (Lipinski definition) is 2. The topological polar surface area (TPSA) is 79.6 Å². The summed E-state index contributed by atoms with van der Waals surface area (Å²) in [5.41, 5.74) is 2.69. The summed E-state index contributed by atoms with van der Waals surface area (Å²) >= 11 is 0. The summed E-state index contributed by atoms with van der Waals surface area (Å²) in [6.07, 6.45) is 5.35. The quantitative estimate of drug-likeness (QED) is 0.336. The molecule has 1 aliphatic rings. The predicted molar refractivity (Wildman–Crippen MR) is 141 cm³/mol. The highest BCUT2D eigenvalue weighted by Crippen LogP contribution is 2.23. The molecule has 0 spiro atoms. The maximum atomic E-state index is 12.7. The molecular weight excluding hydrogens is 452 g/mol. The Balaban J connectivity index is 1.16. The number of amides is 1. The molecule has 1 fully saturated rings. The van der Waals surface area contributed by atoms with E-state index in [2.05, 4.69) is 15.3 Å². The van der Waals surface area contributed by atoms with Crippen LogP contribution in [0.25, 0.3) is 10.9 Å². The second kappa shape index (κ2) is 11.4. The fourth-order valence-electron chi connectivity index (χ4n) is 4.84. The summed E-state index contributed by atoms with van der Waals surface area (Å²) in [4.78, 5) is 15.1. The summed E-state index contributed by atoms with van der Waals surface area (Å²) < 4.78 is 7.82. The molecule has 7 heteroatoms. The van der Waals surface area contributed by atoms with Crippen LogP contribution in [0.5, 0.6) is 11.5 Å². The van der Waals surface area contributed by atoms with Crippen LogP contribution in [0.15, 0.2) is 79.0 Å². The molecule has 4 aromatic rings. The van der Waals surface area contributed by atoms with E-state index in [1.165, 1.54) is 0 Å². The first kappa shape index (κ1) is 24.0. The number of fused-ring (bicyclic) bond motifs is 1. The number of rotatable bonds is 10. The number of hydrogen-bond acceptors (Lipinski definition) is 5. The van der Waals surface area contributed by atoms with Crippen molar-refractivity contribution in [2.45, 2.75) is 38.3 Å². The van der Waals surface area contributed by atoms with Crippen molar-refractivity contribution in [1.82, 2.24) is 14.7 Å². The van der Waals surface area contributed by atoms with E-state index in [0.717, 1.165) is 72.5 Å². The number of aromatic nitrogens is 2. The lowest BCUT2D eigenvalue weighted by atomic mass is 10.1. The van der Waals surface area contributed by atoms with Crippen LogP contribution in [0.1, 0.15) is 24.8 Å². The van der Waals surface area contributed by atoms with Crippen molar-refractivity contribution in [1.29, 1.82) is 0 Å². The number of anilines is 1. The Morgan fingerprint density at radius 2 is 1.83 bits per heavy atom. The number of carbonyl (C=O) groups is 1. The molecule has 0 saturated carbocycles. The number of nitrogens with one attached hydrogen (secondary N) is 1. The van der Waals surface area contributed by atoms with Crippen LogP contribution in [-0.2, 0) is 17.8 Å². The zero-order valence-electron chi connectivity index (χ0n) is 20.3. The lowest BCUT2D eigenvalue weighted by Gasteiger charge is -2.22. The van der Waals surface area contributed by atoms with E-state index in [-0.39, 0.29) is 18.9 Å². The molecule has 0 aliphatic carbocycles. The fourth-order valence-corrected chi connectivity index (χ4v) is 4.84. The Morgan fingerprint density at radius 3 is 2.64 bits per heavy atom. The lowest BCUT2D eigenvalue weighted by molar-refractivity contribution is -0.115. The SMILES string of the molecule is O=C(Cc1ccc(Oc2ccccc2)cc1)Nc1ccc2cnn(CCCN3CCC[C@H]3CO)c2c1. The standard InChI is InChI=1S/C29H32N4O3/c34-21-25-6-4-15-32(25)16-5-17-33-28-19-24(12-11-23(28)20-30-33)31-29(35)18-22-9-13-27(14-10-22)36-26-7-2-1-3-8-26/h1-3,7-14,19-20,25,34H,4-6,15-18,21H2,(H,31,35)/t25-/m0/s1. The largest absolute Gasteiger partial charge is 0.457 e. The Labute approximate surface area is 211 Å². The molecule has 3 aromatic carbocycles. The second-order valence-electron chi connectivity index (χ2n) is 9.29. The first-order valence-electron chi connectivity index (χ1n) is 12.6. The van der Waals surface area contributed by atoms with E-state index < -0.39 is 0 Å². The molecule has 0 unspecified atom stereocenters. The molecule has 1 aliphatic heterocycles. The fraction of sp³-hybridized carbons (Fsp3) is 0.310. The normalized spacial score (nSPS) is 15.9. The van der Waals surface area contributed by atoms with Gasteiger partial charge in [-0.1, -0.05) is 30.3 Å². The zero-order valence-corrected chi connectivity index (χ0v) is 20.3. The minimum atomic E-state index is -0.0683. The highest BCUT2D eigenvalue weighted by molar-refractivity contribution is 5.94. The number of aliphatic hydroxyl groups excluding tert-OH is 1. The number of likely N-dealkylation sites (tertiary alicyclic amines) is 1. The van der Waals surface area contributed by atoms with E-state index in [0.29, 0.717) is 6.04 Å². The average Bonchev–Trinajstić information content (AvgIpc) is 3.52. The highest BCUT2D eigenvalue weighted by Gasteiger charge is 2.22. The number of para-hydroxylation sites is 1. The first-order chi connectivity index (χ1) is 17.7. The van der Waals surface area contributed by atoms with Gasteiger partial charge in [-0.15, -0.1) is 0 Å². The monoisotopic (exact) mass is 484 g/mol. The van der Waals surface area contributed by atoms with Crippen LogP contribution in [0.3, 0.4) is 0 Å². The van der Waals surface area contributed by atoms with Crippen molar-refractivity contribution in [3.63, 3.8) is 0 Å². The molecular formula is C29H32N4O3. The van der Waals surface area contributed by atoms with Crippen molar-refractivity contribution in [3.05, 3.63) is 84.6 Å². The Hall–Kier alpha value is -3.68. The molecule has 1 atom stereocenters. The molecule has 2 N–H and O–H groups in total. The number of carbonyl (C=O) groups excluding carboxylic acids is 1. The lowest BCUT2D eigenvalue weighted by Crippen LogP contribution is -2.33. The van der Waals surface area contributed by atoms with Gasteiger partial charge in [0.1, 0.15) is 11.5 Å². The van der Waals surface area contributed by atoms with E-state index in [9.17, 15) is 9.90 Å². The maximum Gasteiger partial charge on any atom is 0.228 e. The van der Waals surface area contributed by atoms with Gasteiger partial charge in [-0.25, -0.2) is 0 Å². The van der Waals surface area contributed by atoms with E-state index in [1.54, 1.807) is 0 Å². The minimum Gasteiger partial charge on any atom is -0.457 e. The third kappa shape index (κ3) is 5.93. The first-order valence-corrected chi connectivity index (χ1v) is 12.6. The molecule has 0 radical (unpaired) electrons. The molecule has 1 amide bonds. The van der Waals surface area contributed by atoms with Crippen molar-refractivity contribution >= 4 is 22.5 Å². The number of ether oxygens (including phenoxy) is 1. The van der Waals surface area contributed by atoms with E-state index in [1.807, 2.05) is 83.7 Å². The van der Waals surface area contributed by atoms with Crippen LogP contribution in [-0.4, -0.2) is 51.4 Å². The smallest absolute Gasteiger partial charge is 0.228 e. The molecule has 7 nitrogen and oxygen atoms in total. The number of benzene rings is 3. The number of nitrogens with zero attached hydrogens (tertiary/aromatic N) is 3. The van der Waals surface area contributed by atoms with Gasteiger partial charge in [0, 0.05) is 30.2 Å². The van der Waals surface area contributed by atoms with Gasteiger partial charge in [0.05, 0.1) is 24.7 Å². The molecule has 1 aromatic heterocycles. The number of aliphatic hydroxyl groups is 1. The predicted octanol–water partition coefficient (Wildman–Crippen LogP) is 4.86. The molecule has 36 heavy (non-hydrogen) atoms. The number of aryl methyl sites for hydroxylation is 1. The third-order valence-electron chi connectivity index (χ3n) is 6.72. The summed E-state index contributed by atoms with van der Waals surface area (Å²) in [7, 11) is 0. The van der Waals surface area contributed by atoms with Gasteiger partial charge in [0.15, 0.2) is 0 Å².